The summed E-state index contributed by atoms with van der Waals surface area (Å²) in [7, 11) is 0. The zero-order valence-electron chi connectivity index (χ0n) is 7.48. The molecule has 0 bridgehead atoms. The van der Waals surface area contributed by atoms with Gasteiger partial charge in [0.1, 0.15) is 0 Å². The Balaban J connectivity index is 2.96. The molecule has 0 saturated carbocycles. The molecule has 0 N–H and O–H groups in total. The van der Waals surface area contributed by atoms with Crippen LogP contribution in [0.1, 0.15) is 23.6 Å². The predicted octanol–water partition coefficient (Wildman–Crippen LogP) is 3.49. The minimum Gasteiger partial charge on any atom is -0.261 e. The van der Waals surface area contributed by atoms with E-state index in [4.69, 9.17) is 11.6 Å². The Hall–Kier alpha value is -0.770. The molecular formula is C9H9ClF3N. The third kappa shape index (κ3) is 3.18. The number of pyridine rings is 1. The highest BCUT2D eigenvalue weighted by molar-refractivity contribution is 6.20. The summed E-state index contributed by atoms with van der Waals surface area (Å²) in [6.45, 7) is 1.62. The fourth-order valence-corrected chi connectivity index (χ4v) is 1.35. The van der Waals surface area contributed by atoms with Crippen molar-refractivity contribution in [1.29, 1.82) is 0 Å². The topological polar surface area (TPSA) is 12.9 Å². The van der Waals surface area contributed by atoms with Gasteiger partial charge < -0.3 is 0 Å². The van der Waals surface area contributed by atoms with E-state index >= 15 is 0 Å². The normalized spacial score (nSPS) is 14.1. The molecule has 0 saturated heterocycles. The molecule has 0 aliphatic heterocycles. The lowest BCUT2D eigenvalue weighted by Gasteiger charge is -2.11. The van der Waals surface area contributed by atoms with Crippen LogP contribution in [0.15, 0.2) is 18.3 Å². The van der Waals surface area contributed by atoms with Gasteiger partial charge in [-0.05, 0) is 18.6 Å². The molecule has 1 atom stereocenters. The number of hydrogen-bond acceptors (Lipinski definition) is 1. The van der Waals surface area contributed by atoms with Gasteiger partial charge in [-0.3, -0.25) is 4.98 Å². The van der Waals surface area contributed by atoms with Crippen molar-refractivity contribution >= 4 is 11.6 Å². The van der Waals surface area contributed by atoms with Crippen LogP contribution < -0.4 is 0 Å². The van der Waals surface area contributed by atoms with Crippen molar-refractivity contribution in [3.8, 4) is 0 Å². The van der Waals surface area contributed by atoms with Gasteiger partial charge in [-0.25, -0.2) is 0 Å². The highest BCUT2D eigenvalue weighted by Crippen LogP contribution is 2.27. The van der Waals surface area contributed by atoms with Crippen molar-refractivity contribution in [3.05, 3.63) is 29.6 Å². The first-order chi connectivity index (χ1) is 6.40. The van der Waals surface area contributed by atoms with Gasteiger partial charge in [-0.2, -0.15) is 13.2 Å². The maximum atomic E-state index is 12.1. The van der Waals surface area contributed by atoms with Gasteiger partial charge in [0.15, 0.2) is 0 Å². The molecule has 0 fully saturated rings. The smallest absolute Gasteiger partial charge is 0.261 e. The first-order valence-corrected chi connectivity index (χ1v) is 4.48. The van der Waals surface area contributed by atoms with Crippen molar-refractivity contribution in [1.82, 2.24) is 4.98 Å². The second-order valence-corrected chi connectivity index (χ2v) is 3.60. The second-order valence-electron chi connectivity index (χ2n) is 2.95. The average molecular weight is 224 g/mol. The van der Waals surface area contributed by atoms with Crippen molar-refractivity contribution < 1.29 is 13.2 Å². The van der Waals surface area contributed by atoms with Gasteiger partial charge in [0.25, 0.3) is 0 Å². The minimum absolute atomic E-state index is 0.00231. The largest absolute Gasteiger partial charge is 0.394 e. The van der Waals surface area contributed by atoms with E-state index in [2.05, 4.69) is 4.98 Å². The molecule has 78 valence electrons. The lowest BCUT2D eigenvalue weighted by molar-refractivity contribution is -0.127. The summed E-state index contributed by atoms with van der Waals surface area (Å²) in [5, 5.41) is -0.457. The SMILES string of the molecule is CC(Cl)c1cccnc1CC(F)(F)F. The van der Waals surface area contributed by atoms with Gasteiger partial charge in [0.2, 0.25) is 0 Å². The van der Waals surface area contributed by atoms with E-state index in [1.54, 1.807) is 19.1 Å². The van der Waals surface area contributed by atoms with Gasteiger partial charge in [0.05, 0.1) is 17.5 Å². The van der Waals surface area contributed by atoms with Gasteiger partial charge in [0, 0.05) is 6.20 Å². The number of halogens is 4. The Morgan fingerprint density at radius 3 is 2.64 bits per heavy atom. The van der Waals surface area contributed by atoms with Crippen LogP contribution >= 0.6 is 11.6 Å². The van der Waals surface area contributed by atoms with Crippen LogP contribution in [0.25, 0.3) is 0 Å². The summed E-state index contributed by atoms with van der Waals surface area (Å²) < 4.78 is 36.3. The maximum absolute atomic E-state index is 12.1. The number of nitrogens with zero attached hydrogens (tertiary/aromatic N) is 1. The molecule has 0 spiro atoms. The van der Waals surface area contributed by atoms with Gasteiger partial charge >= 0.3 is 6.18 Å². The molecule has 1 aromatic heterocycles. The molecule has 5 heteroatoms. The first kappa shape index (κ1) is 11.3. The fraction of sp³-hybridized carbons (Fsp3) is 0.444. The summed E-state index contributed by atoms with van der Waals surface area (Å²) in [4.78, 5) is 3.68. The summed E-state index contributed by atoms with van der Waals surface area (Å²) >= 11 is 5.73. The van der Waals surface area contributed by atoms with Gasteiger partial charge in [-0.1, -0.05) is 6.07 Å². The Labute approximate surface area is 84.9 Å². The molecule has 0 aliphatic rings. The number of hydrogen-bond donors (Lipinski definition) is 0. The first-order valence-electron chi connectivity index (χ1n) is 4.05. The van der Waals surface area contributed by atoms with E-state index in [-0.39, 0.29) is 5.69 Å². The Morgan fingerprint density at radius 2 is 2.14 bits per heavy atom. The molecule has 1 aromatic rings. The lowest BCUT2D eigenvalue weighted by atomic mass is 10.1. The monoisotopic (exact) mass is 223 g/mol. The van der Waals surface area contributed by atoms with Crippen LogP contribution in [0.3, 0.4) is 0 Å². The Bertz CT molecular complexity index is 309. The predicted molar refractivity (Wildman–Crippen MR) is 48.3 cm³/mol. The van der Waals surface area contributed by atoms with Crippen LogP contribution in [-0.4, -0.2) is 11.2 Å². The maximum Gasteiger partial charge on any atom is 0.394 e. The lowest BCUT2D eigenvalue weighted by Crippen LogP contribution is -2.14. The molecule has 1 rings (SSSR count). The summed E-state index contributed by atoms with van der Waals surface area (Å²) in [5.74, 6) is 0. The zero-order valence-corrected chi connectivity index (χ0v) is 8.23. The van der Waals surface area contributed by atoms with E-state index in [0.717, 1.165) is 0 Å². The van der Waals surface area contributed by atoms with E-state index in [1.807, 2.05) is 0 Å². The van der Waals surface area contributed by atoms with E-state index in [1.165, 1.54) is 6.20 Å². The van der Waals surface area contributed by atoms with Gasteiger partial charge in [-0.15, -0.1) is 11.6 Å². The molecule has 14 heavy (non-hydrogen) atoms. The summed E-state index contributed by atoms with van der Waals surface area (Å²) in [6.07, 6.45) is -3.93. The molecule has 1 nitrogen and oxygen atoms in total. The van der Waals surface area contributed by atoms with Crippen molar-refractivity contribution in [3.63, 3.8) is 0 Å². The highest BCUT2D eigenvalue weighted by Gasteiger charge is 2.30. The van der Waals surface area contributed by atoms with Crippen LogP contribution in [-0.2, 0) is 6.42 Å². The number of alkyl halides is 4. The molecular weight excluding hydrogens is 215 g/mol. The fourth-order valence-electron chi connectivity index (χ4n) is 1.15. The van der Waals surface area contributed by atoms with Crippen LogP contribution in [0.5, 0.6) is 0 Å². The molecule has 0 radical (unpaired) electrons. The Kier molecular flexibility index (Phi) is 3.37. The van der Waals surface area contributed by atoms with E-state index < -0.39 is 18.0 Å². The van der Waals surface area contributed by atoms with Crippen LogP contribution in [0.2, 0.25) is 0 Å². The molecule has 0 aromatic carbocycles. The standard InChI is InChI=1S/C9H9ClF3N/c1-6(10)7-3-2-4-14-8(7)5-9(11,12)13/h2-4,6H,5H2,1H3. The third-order valence-electron chi connectivity index (χ3n) is 1.72. The van der Waals surface area contributed by atoms with Crippen LogP contribution in [0.4, 0.5) is 13.2 Å². The van der Waals surface area contributed by atoms with Crippen molar-refractivity contribution in [2.75, 3.05) is 0 Å². The number of aromatic nitrogens is 1. The summed E-state index contributed by atoms with van der Waals surface area (Å²) in [6, 6.07) is 3.14. The summed E-state index contributed by atoms with van der Waals surface area (Å²) in [5.41, 5.74) is 0.439. The Morgan fingerprint density at radius 1 is 1.50 bits per heavy atom. The quantitative estimate of drug-likeness (QED) is 0.700. The zero-order chi connectivity index (χ0) is 10.8. The second kappa shape index (κ2) is 4.17. The minimum atomic E-state index is -4.24. The van der Waals surface area contributed by atoms with E-state index in [0.29, 0.717) is 5.56 Å². The van der Waals surface area contributed by atoms with Crippen molar-refractivity contribution in [2.24, 2.45) is 0 Å². The third-order valence-corrected chi connectivity index (χ3v) is 1.96. The van der Waals surface area contributed by atoms with Crippen LogP contribution in [0, 0.1) is 0 Å². The number of rotatable bonds is 2. The van der Waals surface area contributed by atoms with E-state index in [9.17, 15) is 13.2 Å². The molecule has 1 heterocycles. The highest BCUT2D eigenvalue weighted by atomic mass is 35.5. The molecule has 0 amide bonds. The molecule has 1 unspecified atom stereocenters. The van der Waals surface area contributed by atoms with Crippen molar-refractivity contribution in [2.45, 2.75) is 24.9 Å². The molecule has 0 aliphatic carbocycles. The average Bonchev–Trinajstić information content (AvgIpc) is 2.01.